The Morgan fingerprint density at radius 3 is 1.75 bits per heavy atom. The highest BCUT2D eigenvalue weighted by Crippen LogP contribution is 2.19. The van der Waals surface area contributed by atoms with Crippen LogP contribution >= 0.6 is 0 Å². The van der Waals surface area contributed by atoms with Crippen molar-refractivity contribution in [1.29, 1.82) is 0 Å². The van der Waals surface area contributed by atoms with Gasteiger partial charge >= 0.3 is 0 Å². The molecule has 4 rings (SSSR count). The molecule has 136 valence electrons. The second kappa shape index (κ2) is 7.12. The fourth-order valence-electron chi connectivity index (χ4n) is 2.91. The Morgan fingerprint density at radius 1 is 0.607 bits per heavy atom. The Labute approximate surface area is 159 Å². The van der Waals surface area contributed by atoms with Crippen molar-refractivity contribution in [1.82, 2.24) is 4.98 Å². The summed E-state index contributed by atoms with van der Waals surface area (Å²) in [5.41, 5.74) is 1.96. The molecular weight excluding hydrogens is 360 g/mol. The highest BCUT2D eigenvalue weighted by molar-refractivity contribution is 6.11. The molecule has 3 nitrogen and oxygen atoms in total. The van der Waals surface area contributed by atoms with E-state index in [9.17, 15) is 18.4 Å². The lowest BCUT2D eigenvalue weighted by Crippen LogP contribution is -2.05. The highest BCUT2D eigenvalue weighted by Gasteiger charge is 2.13. The molecule has 5 heteroatoms. The maximum Gasteiger partial charge on any atom is 0.211 e. The number of fused-ring (bicyclic) bond motifs is 1. The minimum atomic E-state index is -0.415. The zero-order valence-electron chi connectivity index (χ0n) is 14.5. The summed E-state index contributed by atoms with van der Waals surface area (Å²) in [6, 6.07) is 18.9. The largest absolute Gasteiger partial charge is 0.289 e. The molecule has 0 saturated carbocycles. The summed E-state index contributed by atoms with van der Waals surface area (Å²) in [7, 11) is 0. The lowest BCUT2D eigenvalue weighted by molar-refractivity contribution is 0.102. The molecule has 3 aromatic carbocycles. The van der Waals surface area contributed by atoms with Gasteiger partial charge in [-0.15, -0.1) is 0 Å². The van der Waals surface area contributed by atoms with Crippen molar-refractivity contribution in [2.24, 2.45) is 0 Å². The number of benzene rings is 3. The van der Waals surface area contributed by atoms with E-state index in [1.165, 1.54) is 48.5 Å². The third-order valence-corrected chi connectivity index (χ3v) is 4.40. The van der Waals surface area contributed by atoms with Gasteiger partial charge in [0.1, 0.15) is 17.3 Å². The van der Waals surface area contributed by atoms with Crippen molar-refractivity contribution in [3.05, 3.63) is 113 Å². The van der Waals surface area contributed by atoms with Crippen LogP contribution in [0.2, 0.25) is 0 Å². The fourth-order valence-corrected chi connectivity index (χ4v) is 2.91. The fraction of sp³-hybridized carbons (Fsp3) is 0. The van der Waals surface area contributed by atoms with Gasteiger partial charge in [0, 0.05) is 22.1 Å². The first-order valence-corrected chi connectivity index (χ1v) is 8.52. The van der Waals surface area contributed by atoms with Gasteiger partial charge in [-0.1, -0.05) is 6.07 Å². The quantitative estimate of drug-likeness (QED) is 0.474. The predicted octanol–water partition coefficient (Wildman–Crippen LogP) is 4.98. The summed E-state index contributed by atoms with van der Waals surface area (Å²) in [6.07, 6.45) is 0. The van der Waals surface area contributed by atoms with E-state index in [4.69, 9.17) is 0 Å². The Balaban J connectivity index is 1.65. The third-order valence-electron chi connectivity index (χ3n) is 4.40. The van der Waals surface area contributed by atoms with E-state index in [1.807, 2.05) is 0 Å². The molecule has 0 N–H and O–H groups in total. The van der Waals surface area contributed by atoms with E-state index >= 15 is 0 Å². The maximum absolute atomic E-state index is 13.0. The zero-order valence-corrected chi connectivity index (χ0v) is 14.5. The SMILES string of the molecule is O=C(c1ccc(F)cc1)c1ccc2nc(C(=O)c3ccc(F)cc3)ccc2c1. The van der Waals surface area contributed by atoms with Gasteiger partial charge < -0.3 is 0 Å². The predicted molar refractivity (Wildman–Crippen MR) is 101 cm³/mol. The number of hydrogen-bond acceptors (Lipinski definition) is 3. The van der Waals surface area contributed by atoms with Gasteiger partial charge in [-0.2, -0.15) is 0 Å². The van der Waals surface area contributed by atoms with Crippen LogP contribution in [-0.2, 0) is 0 Å². The smallest absolute Gasteiger partial charge is 0.211 e. The minimum absolute atomic E-state index is 0.228. The average Bonchev–Trinajstić information content (AvgIpc) is 2.73. The van der Waals surface area contributed by atoms with Gasteiger partial charge in [0.25, 0.3) is 0 Å². The van der Waals surface area contributed by atoms with Crippen LogP contribution in [0.25, 0.3) is 10.9 Å². The Bertz CT molecular complexity index is 1100. The molecular formula is C23H13F2NO2. The van der Waals surface area contributed by atoms with E-state index in [0.29, 0.717) is 27.6 Å². The molecule has 0 atom stereocenters. The van der Waals surface area contributed by atoms with Gasteiger partial charge in [-0.25, -0.2) is 13.8 Å². The zero-order chi connectivity index (χ0) is 19.7. The number of halogens is 2. The van der Waals surface area contributed by atoms with Crippen molar-refractivity contribution < 1.29 is 18.4 Å². The van der Waals surface area contributed by atoms with E-state index < -0.39 is 11.6 Å². The minimum Gasteiger partial charge on any atom is -0.289 e. The summed E-state index contributed by atoms with van der Waals surface area (Å²) >= 11 is 0. The van der Waals surface area contributed by atoms with Crippen LogP contribution in [0.3, 0.4) is 0 Å². The normalized spacial score (nSPS) is 10.8. The molecule has 1 heterocycles. The van der Waals surface area contributed by atoms with Crippen molar-refractivity contribution in [2.45, 2.75) is 0 Å². The highest BCUT2D eigenvalue weighted by atomic mass is 19.1. The first-order chi connectivity index (χ1) is 13.5. The first kappa shape index (κ1) is 17.7. The van der Waals surface area contributed by atoms with Crippen LogP contribution in [0, 0.1) is 11.6 Å². The van der Waals surface area contributed by atoms with Gasteiger partial charge in [0.05, 0.1) is 5.52 Å². The van der Waals surface area contributed by atoms with Crippen LogP contribution in [-0.4, -0.2) is 16.6 Å². The second-order valence-electron chi connectivity index (χ2n) is 6.28. The van der Waals surface area contributed by atoms with Crippen molar-refractivity contribution in [3.63, 3.8) is 0 Å². The summed E-state index contributed by atoms with van der Waals surface area (Å²) < 4.78 is 26.1. The lowest BCUT2D eigenvalue weighted by Gasteiger charge is -2.06. The van der Waals surface area contributed by atoms with Gasteiger partial charge in [-0.3, -0.25) is 9.59 Å². The number of rotatable bonds is 4. The van der Waals surface area contributed by atoms with Crippen molar-refractivity contribution in [2.75, 3.05) is 0 Å². The topological polar surface area (TPSA) is 47.0 Å². The molecule has 0 bridgehead atoms. The van der Waals surface area contributed by atoms with E-state index in [-0.39, 0.29) is 17.3 Å². The molecule has 28 heavy (non-hydrogen) atoms. The van der Waals surface area contributed by atoms with Crippen LogP contribution in [0.4, 0.5) is 8.78 Å². The van der Waals surface area contributed by atoms with E-state index in [1.54, 1.807) is 30.3 Å². The van der Waals surface area contributed by atoms with Gasteiger partial charge in [0.15, 0.2) is 5.78 Å². The number of aromatic nitrogens is 1. The summed E-state index contributed by atoms with van der Waals surface area (Å²) in [5, 5.41) is 0.698. The van der Waals surface area contributed by atoms with Gasteiger partial charge in [-0.05, 0) is 72.8 Å². The number of hydrogen-bond donors (Lipinski definition) is 0. The Kier molecular flexibility index (Phi) is 4.49. The van der Waals surface area contributed by atoms with Crippen molar-refractivity contribution in [3.8, 4) is 0 Å². The van der Waals surface area contributed by atoms with Gasteiger partial charge in [0.2, 0.25) is 5.78 Å². The molecule has 4 aromatic rings. The van der Waals surface area contributed by atoms with E-state index in [2.05, 4.69) is 4.98 Å². The summed E-state index contributed by atoms with van der Waals surface area (Å²) in [5.74, 6) is -1.36. The van der Waals surface area contributed by atoms with Crippen LogP contribution in [0.1, 0.15) is 32.0 Å². The molecule has 1 aromatic heterocycles. The maximum atomic E-state index is 13.0. The third kappa shape index (κ3) is 3.42. The average molecular weight is 373 g/mol. The Hall–Kier alpha value is -3.73. The monoisotopic (exact) mass is 373 g/mol. The van der Waals surface area contributed by atoms with Crippen molar-refractivity contribution >= 4 is 22.5 Å². The number of ketones is 2. The molecule has 0 amide bonds. The van der Waals surface area contributed by atoms with Crippen LogP contribution in [0.15, 0.2) is 78.9 Å². The Morgan fingerprint density at radius 2 is 1.14 bits per heavy atom. The second-order valence-corrected chi connectivity index (χ2v) is 6.28. The molecule has 0 spiro atoms. The lowest BCUT2D eigenvalue weighted by atomic mass is 10.0. The molecule has 0 aliphatic rings. The molecule has 0 fully saturated rings. The van der Waals surface area contributed by atoms with E-state index in [0.717, 1.165) is 0 Å². The summed E-state index contributed by atoms with van der Waals surface area (Å²) in [6.45, 7) is 0. The molecule has 0 unspecified atom stereocenters. The standard InChI is InChI=1S/C23H13F2NO2/c24-18-7-1-14(2-8-18)22(27)17-6-11-20-16(13-17)5-12-21(26-20)23(28)15-3-9-19(25)10-4-15/h1-13H. The number of pyridine rings is 1. The summed E-state index contributed by atoms with van der Waals surface area (Å²) in [4.78, 5) is 29.4. The first-order valence-electron chi connectivity index (χ1n) is 8.52. The number of carbonyl (C=O) groups is 2. The number of carbonyl (C=O) groups excluding carboxylic acids is 2. The van der Waals surface area contributed by atoms with Crippen LogP contribution < -0.4 is 0 Å². The molecule has 0 saturated heterocycles. The molecule has 0 aliphatic heterocycles. The van der Waals surface area contributed by atoms with Crippen LogP contribution in [0.5, 0.6) is 0 Å². The molecule has 0 aliphatic carbocycles. The number of nitrogens with zero attached hydrogens (tertiary/aromatic N) is 1. The molecule has 0 radical (unpaired) electrons.